The predicted molar refractivity (Wildman–Crippen MR) is 109 cm³/mol. The summed E-state index contributed by atoms with van der Waals surface area (Å²) in [5.74, 6) is 0.241. The van der Waals surface area contributed by atoms with Crippen molar-refractivity contribution in [3.05, 3.63) is 11.6 Å². The summed E-state index contributed by atoms with van der Waals surface area (Å²) in [5.41, 5.74) is -0.949. The lowest BCUT2D eigenvalue weighted by Crippen LogP contribution is -2.61. The first-order valence-corrected chi connectivity index (χ1v) is 11.2. The largest absolute Gasteiger partial charge is 0.458 e. The maximum Gasteiger partial charge on any atom is 0.303 e. The number of Topliss-reactive ketones (excluding diaryl/α,β-unsaturated/α-hetero) is 1. The van der Waals surface area contributed by atoms with Crippen molar-refractivity contribution in [3.63, 3.8) is 0 Å². The van der Waals surface area contributed by atoms with E-state index in [-0.39, 0.29) is 17.1 Å². The van der Waals surface area contributed by atoms with E-state index in [0.29, 0.717) is 24.7 Å². The van der Waals surface area contributed by atoms with Gasteiger partial charge in [0.1, 0.15) is 0 Å². The standard InChI is InChI=1S/C24H34O6/c1-14(25)30-13-20(27)24(28)21(29-4)12-19-17-6-5-15-11-16(26)7-9-22(15,2)18(17)8-10-23(19,24)3/h11,17-19,21,28H,5-10,12-13H2,1-4H3/t17-,18+,19+,21-,22+,23+,24+/m1/s1. The topological polar surface area (TPSA) is 89.9 Å². The zero-order valence-corrected chi connectivity index (χ0v) is 18.5. The molecule has 0 aromatic carbocycles. The fourth-order valence-electron chi connectivity index (χ4n) is 7.60. The highest BCUT2D eigenvalue weighted by Gasteiger charge is 2.70. The Balaban J connectivity index is 1.67. The van der Waals surface area contributed by atoms with Gasteiger partial charge in [-0.3, -0.25) is 14.4 Å². The first kappa shape index (κ1) is 21.7. The molecule has 0 heterocycles. The summed E-state index contributed by atoms with van der Waals surface area (Å²) in [4.78, 5) is 36.4. The number of aliphatic hydroxyl groups is 1. The van der Waals surface area contributed by atoms with Gasteiger partial charge in [-0.15, -0.1) is 0 Å². The lowest BCUT2D eigenvalue weighted by atomic mass is 9.46. The van der Waals surface area contributed by atoms with Gasteiger partial charge in [0, 0.05) is 25.9 Å². The second kappa shape index (κ2) is 7.27. The predicted octanol–water partition coefficient (Wildman–Crippen LogP) is 3.01. The van der Waals surface area contributed by atoms with Crippen LogP contribution in [0.4, 0.5) is 0 Å². The molecular formula is C24H34O6. The first-order chi connectivity index (χ1) is 14.1. The molecule has 0 aromatic rings. The number of ketones is 2. The quantitative estimate of drug-likeness (QED) is 0.706. The normalized spacial score (nSPS) is 45.1. The molecule has 0 amide bonds. The van der Waals surface area contributed by atoms with Gasteiger partial charge in [-0.2, -0.15) is 0 Å². The minimum absolute atomic E-state index is 0.0309. The number of esters is 1. The number of methoxy groups -OCH3 is 1. The third-order valence-electron chi connectivity index (χ3n) is 9.27. The average molecular weight is 419 g/mol. The van der Waals surface area contributed by atoms with Crippen molar-refractivity contribution in [2.24, 2.45) is 28.6 Å². The molecule has 0 aliphatic heterocycles. The molecule has 0 radical (unpaired) electrons. The molecule has 4 rings (SSSR count). The molecule has 30 heavy (non-hydrogen) atoms. The number of carbonyl (C=O) groups is 3. The van der Waals surface area contributed by atoms with Gasteiger partial charge in [0.2, 0.25) is 5.78 Å². The van der Waals surface area contributed by atoms with E-state index in [1.54, 1.807) is 7.11 Å². The molecule has 3 fully saturated rings. The molecule has 0 unspecified atom stereocenters. The Hall–Kier alpha value is -1.53. The van der Waals surface area contributed by atoms with Gasteiger partial charge >= 0.3 is 5.97 Å². The van der Waals surface area contributed by atoms with E-state index < -0.39 is 35.5 Å². The summed E-state index contributed by atoms with van der Waals surface area (Å²) in [6.45, 7) is 5.18. The monoisotopic (exact) mass is 418 g/mol. The van der Waals surface area contributed by atoms with Crippen molar-refractivity contribution in [1.29, 1.82) is 0 Å². The lowest BCUT2D eigenvalue weighted by molar-refractivity contribution is -0.184. The molecule has 1 N–H and O–H groups in total. The van der Waals surface area contributed by atoms with Gasteiger partial charge in [0.25, 0.3) is 0 Å². The Labute approximate surface area is 178 Å². The number of fused-ring (bicyclic) bond motifs is 5. The summed E-state index contributed by atoms with van der Waals surface area (Å²) in [6, 6.07) is 0. The third kappa shape index (κ3) is 2.86. The Morgan fingerprint density at radius 2 is 1.90 bits per heavy atom. The average Bonchev–Trinajstić information content (AvgIpc) is 2.94. The Morgan fingerprint density at radius 3 is 2.57 bits per heavy atom. The van der Waals surface area contributed by atoms with Crippen molar-refractivity contribution in [1.82, 2.24) is 0 Å². The van der Waals surface area contributed by atoms with E-state index in [2.05, 4.69) is 6.92 Å². The summed E-state index contributed by atoms with van der Waals surface area (Å²) in [5, 5.41) is 11.8. The van der Waals surface area contributed by atoms with E-state index in [4.69, 9.17) is 9.47 Å². The second-order valence-corrected chi connectivity index (χ2v) is 10.4. The van der Waals surface area contributed by atoms with Crippen LogP contribution < -0.4 is 0 Å². The van der Waals surface area contributed by atoms with Crippen LogP contribution in [0.2, 0.25) is 0 Å². The zero-order chi connectivity index (χ0) is 21.9. The summed E-state index contributed by atoms with van der Waals surface area (Å²) in [6.07, 6.45) is 6.94. The highest BCUT2D eigenvalue weighted by atomic mass is 16.5. The number of carbonyl (C=O) groups excluding carboxylic acids is 3. The van der Waals surface area contributed by atoms with Crippen molar-refractivity contribution >= 4 is 17.5 Å². The fourth-order valence-corrected chi connectivity index (χ4v) is 7.60. The van der Waals surface area contributed by atoms with Crippen LogP contribution in [-0.4, -0.2) is 48.1 Å². The van der Waals surface area contributed by atoms with Gasteiger partial charge in [-0.05, 0) is 67.8 Å². The molecular weight excluding hydrogens is 384 g/mol. The summed E-state index contributed by atoms with van der Waals surface area (Å²) >= 11 is 0. The molecule has 3 saturated carbocycles. The Morgan fingerprint density at radius 1 is 1.17 bits per heavy atom. The van der Waals surface area contributed by atoms with E-state index >= 15 is 0 Å². The van der Waals surface area contributed by atoms with Crippen LogP contribution in [0.1, 0.15) is 65.7 Å². The highest BCUT2D eigenvalue weighted by molar-refractivity contribution is 5.92. The molecule has 0 aromatic heterocycles. The fraction of sp³-hybridized carbons (Fsp3) is 0.792. The molecule has 0 saturated heterocycles. The van der Waals surface area contributed by atoms with Gasteiger partial charge in [0.05, 0.1) is 6.10 Å². The van der Waals surface area contributed by atoms with Crippen LogP contribution in [0.3, 0.4) is 0 Å². The van der Waals surface area contributed by atoms with E-state index in [0.717, 1.165) is 32.1 Å². The molecule has 4 aliphatic carbocycles. The van der Waals surface area contributed by atoms with E-state index in [9.17, 15) is 19.5 Å². The van der Waals surface area contributed by atoms with Crippen molar-refractivity contribution in [3.8, 4) is 0 Å². The number of hydrogen-bond acceptors (Lipinski definition) is 6. The van der Waals surface area contributed by atoms with Crippen LogP contribution in [0.25, 0.3) is 0 Å². The Kier molecular flexibility index (Phi) is 5.25. The maximum absolute atomic E-state index is 13.1. The minimum Gasteiger partial charge on any atom is -0.458 e. The third-order valence-corrected chi connectivity index (χ3v) is 9.27. The second-order valence-electron chi connectivity index (χ2n) is 10.4. The molecule has 166 valence electrons. The van der Waals surface area contributed by atoms with Gasteiger partial charge < -0.3 is 14.6 Å². The van der Waals surface area contributed by atoms with Gasteiger partial charge in [-0.1, -0.05) is 19.4 Å². The Bertz CT molecular complexity index is 802. The molecule has 6 heteroatoms. The molecule has 7 atom stereocenters. The van der Waals surface area contributed by atoms with Crippen LogP contribution >= 0.6 is 0 Å². The summed E-state index contributed by atoms with van der Waals surface area (Å²) in [7, 11) is 1.54. The number of allylic oxidation sites excluding steroid dienone is 1. The van der Waals surface area contributed by atoms with Gasteiger partial charge in [0.15, 0.2) is 18.0 Å². The van der Waals surface area contributed by atoms with E-state index in [1.807, 2.05) is 13.0 Å². The van der Waals surface area contributed by atoms with Crippen LogP contribution in [0, 0.1) is 28.6 Å². The smallest absolute Gasteiger partial charge is 0.303 e. The van der Waals surface area contributed by atoms with Crippen molar-refractivity contribution < 1.29 is 29.0 Å². The number of rotatable bonds is 4. The maximum atomic E-state index is 13.1. The van der Waals surface area contributed by atoms with Gasteiger partial charge in [-0.25, -0.2) is 0 Å². The number of hydrogen-bond donors (Lipinski definition) is 1. The van der Waals surface area contributed by atoms with E-state index in [1.165, 1.54) is 12.5 Å². The SMILES string of the molecule is CO[C@@H]1C[C@H]2[C@@H]3CCC4=CC(=O)CC[C@]4(C)[C@H]3CC[C@]2(C)[C@]1(O)C(=O)COC(C)=O. The molecule has 4 aliphatic rings. The number of ether oxygens (including phenoxy) is 2. The molecule has 0 spiro atoms. The first-order valence-electron chi connectivity index (χ1n) is 11.2. The zero-order valence-electron chi connectivity index (χ0n) is 18.5. The summed E-state index contributed by atoms with van der Waals surface area (Å²) < 4.78 is 10.6. The molecule has 6 nitrogen and oxygen atoms in total. The van der Waals surface area contributed by atoms with Crippen molar-refractivity contribution in [2.75, 3.05) is 13.7 Å². The van der Waals surface area contributed by atoms with Crippen LogP contribution in [0.5, 0.6) is 0 Å². The van der Waals surface area contributed by atoms with Crippen molar-refractivity contribution in [2.45, 2.75) is 77.4 Å². The van der Waals surface area contributed by atoms with Crippen LogP contribution in [-0.2, 0) is 23.9 Å². The lowest BCUT2D eigenvalue weighted by Gasteiger charge is -2.58. The minimum atomic E-state index is -1.66. The molecule has 0 bridgehead atoms. The van der Waals surface area contributed by atoms with Crippen LogP contribution in [0.15, 0.2) is 11.6 Å². The highest BCUT2D eigenvalue weighted by Crippen LogP contribution is 2.67.